The van der Waals surface area contributed by atoms with Crippen molar-refractivity contribution in [2.45, 2.75) is 37.9 Å². The number of halogens is 1. The molecule has 6 aliphatic heterocycles. The molecule has 0 spiro atoms. The Balaban J connectivity index is 0.000000147. The first-order valence-corrected chi connectivity index (χ1v) is 10.8. The fourth-order valence-electron chi connectivity index (χ4n) is 4.67. The van der Waals surface area contributed by atoms with Gasteiger partial charge >= 0.3 is 0 Å². The van der Waals surface area contributed by atoms with Gasteiger partial charge in [0.2, 0.25) is 0 Å². The van der Waals surface area contributed by atoms with Gasteiger partial charge in [-0.05, 0) is 111 Å². The van der Waals surface area contributed by atoms with Gasteiger partial charge in [-0.25, -0.2) is 0 Å². The van der Waals surface area contributed by atoms with Crippen LogP contribution >= 0.6 is 22.6 Å². The monoisotopic (exact) mass is 456 g/mol. The third-order valence-corrected chi connectivity index (χ3v) is 7.04. The lowest BCUT2D eigenvalue weighted by Gasteiger charge is -2.44. The summed E-state index contributed by atoms with van der Waals surface area (Å²) in [4.78, 5) is 4.88. The van der Waals surface area contributed by atoms with Gasteiger partial charge in [-0.15, -0.1) is 0 Å². The van der Waals surface area contributed by atoms with E-state index < -0.39 is 0 Å². The van der Waals surface area contributed by atoms with E-state index in [1.165, 1.54) is 55.4 Å². The maximum absolute atomic E-state index is 9.36. The van der Waals surface area contributed by atoms with Crippen molar-refractivity contribution in [1.29, 1.82) is 0 Å². The van der Waals surface area contributed by atoms with E-state index in [1.54, 1.807) is 0 Å². The van der Waals surface area contributed by atoms with Crippen molar-refractivity contribution in [2.24, 2.45) is 11.8 Å². The minimum atomic E-state index is -0.00694. The molecule has 0 amide bonds. The van der Waals surface area contributed by atoms with Gasteiger partial charge in [0.1, 0.15) is 11.9 Å². The Hall–Kier alpha value is -0.370. The molecule has 1 N–H and O–H groups in total. The van der Waals surface area contributed by atoms with E-state index in [9.17, 15) is 5.11 Å². The molecule has 6 aliphatic rings. The van der Waals surface area contributed by atoms with Crippen LogP contribution in [-0.2, 0) is 0 Å². The summed E-state index contributed by atoms with van der Waals surface area (Å²) in [6.45, 7) is 7.05. The Labute approximate surface area is 164 Å². The second-order valence-corrected chi connectivity index (χ2v) is 9.20. The molecule has 7 rings (SSSR count). The van der Waals surface area contributed by atoms with Gasteiger partial charge in [0, 0.05) is 16.7 Å². The molecule has 0 aromatic heterocycles. The molecular weight excluding hydrogens is 427 g/mol. The molecule has 6 heterocycles. The van der Waals surface area contributed by atoms with Crippen molar-refractivity contribution in [2.75, 3.05) is 39.3 Å². The zero-order valence-electron chi connectivity index (χ0n) is 14.8. The average molecular weight is 456 g/mol. The molecule has 4 nitrogen and oxygen atoms in total. The molecule has 6 saturated heterocycles. The average Bonchev–Trinajstić information content (AvgIpc) is 2.66. The molecule has 6 fully saturated rings. The summed E-state index contributed by atoms with van der Waals surface area (Å²) >= 11 is 2.32. The van der Waals surface area contributed by atoms with E-state index >= 15 is 0 Å². The van der Waals surface area contributed by atoms with E-state index in [-0.39, 0.29) is 6.10 Å². The lowest BCUT2D eigenvalue weighted by Crippen LogP contribution is -2.52. The Morgan fingerprint density at radius 1 is 0.840 bits per heavy atom. The maximum Gasteiger partial charge on any atom is 0.119 e. The smallest absolute Gasteiger partial charge is 0.119 e. The second-order valence-electron chi connectivity index (χ2n) is 7.95. The maximum atomic E-state index is 9.36. The number of aliphatic hydroxyl groups is 1. The van der Waals surface area contributed by atoms with Crippen molar-refractivity contribution >= 4 is 22.6 Å². The van der Waals surface area contributed by atoms with Crippen LogP contribution in [0.5, 0.6) is 5.75 Å². The molecule has 1 aromatic carbocycles. The zero-order valence-corrected chi connectivity index (χ0v) is 17.0. The number of aliphatic hydroxyl groups excluding tert-OH is 1. The quantitative estimate of drug-likeness (QED) is 0.695. The Kier molecular flexibility index (Phi) is 5.84. The Morgan fingerprint density at radius 3 is 1.80 bits per heavy atom. The molecule has 2 atom stereocenters. The molecule has 1 aromatic rings. The number of nitrogens with zero attached hydrogens (tertiary/aromatic N) is 2. The van der Waals surface area contributed by atoms with Crippen LogP contribution in [0.3, 0.4) is 0 Å². The highest BCUT2D eigenvalue weighted by atomic mass is 127. The predicted octanol–water partition coefficient (Wildman–Crippen LogP) is 2.84. The van der Waals surface area contributed by atoms with Crippen LogP contribution in [0.15, 0.2) is 24.3 Å². The van der Waals surface area contributed by atoms with Crippen molar-refractivity contribution in [1.82, 2.24) is 9.80 Å². The van der Waals surface area contributed by atoms with E-state index in [0.29, 0.717) is 12.0 Å². The Morgan fingerprint density at radius 2 is 1.40 bits per heavy atom. The molecule has 0 radical (unpaired) electrons. The lowest BCUT2D eigenvalue weighted by molar-refractivity contribution is -0.0227. The molecule has 0 aliphatic carbocycles. The van der Waals surface area contributed by atoms with Gasteiger partial charge in [-0.3, -0.25) is 4.90 Å². The number of rotatable bonds is 2. The fourth-order valence-corrected chi connectivity index (χ4v) is 5.03. The van der Waals surface area contributed by atoms with Gasteiger partial charge < -0.3 is 14.7 Å². The normalized spacial score (nSPS) is 38.8. The summed E-state index contributed by atoms with van der Waals surface area (Å²) in [6.07, 6.45) is 5.49. The van der Waals surface area contributed by atoms with Crippen molar-refractivity contribution in [3.63, 3.8) is 0 Å². The SMILES string of the molecule is Ic1ccc(O[C@H]2CN3CCC2CC3)cc1.OC1CN2CCC1CC2. The minimum absolute atomic E-state index is 0.00694. The van der Waals surface area contributed by atoms with Gasteiger partial charge in [0.25, 0.3) is 0 Å². The molecule has 1 unspecified atom stereocenters. The molecule has 5 heteroatoms. The van der Waals surface area contributed by atoms with Crippen LogP contribution in [0.2, 0.25) is 0 Å². The highest BCUT2D eigenvalue weighted by molar-refractivity contribution is 14.1. The summed E-state index contributed by atoms with van der Waals surface area (Å²) in [5.74, 6) is 2.44. The number of ether oxygens (including phenoxy) is 1. The predicted molar refractivity (Wildman–Crippen MR) is 108 cm³/mol. The minimum Gasteiger partial charge on any atom is -0.489 e. The van der Waals surface area contributed by atoms with E-state index in [0.717, 1.165) is 24.8 Å². The molecule has 0 saturated carbocycles. The van der Waals surface area contributed by atoms with Crippen LogP contribution in [-0.4, -0.2) is 66.4 Å². The van der Waals surface area contributed by atoms with E-state index in [1.807, 2.05) is 0 Å². The Bertz CT molecular complexity index is 551. The van der Waals surface area contributed by atoms with Crippen LogP contribution in [0.25, 0.3) is 0 Å². The number of piperidine rings is 6. The fraction of sp³-hybridized carbons (Fsp3) is 0.700. The van der Waals surface area contributed by atoms with Crippen LogP contribution in [0.1, 0.15) is 25.7 Å². The zero-order chi connectivity index (χ0) is 17.2. The van der Waals surface area contributed by atoms with Crippen molar-refractivity contribution in [3.05, 3.63) is 27.8 Å². The number of fused-ring (bicyclic) bond motifs is 6. The van der Waals surface area contributed by atoms with Gasteiger partial charge in [0.15, 0.2) is 0 Å². The van der Waals surface area contributed by atoms with Crippen LogP contribution in [0, 0.1) is 15.4 Å². The molecule has 25 heavy (non-hydrogen) atoms. The van der Waals surface area contributed by atoms with Gasteiger partial charge in [0.05, 0.1) is 6.10 Å². The van der Waals surface area contributed by atoms with Crippen molar-refractivity contribution < 1.29 is 9.84 Å². The molecule has 4 bridgehead atoms. The number of benzene rings is 1. The van der Waals surface area contributed by atoms with E-state index in [4.69, 9.17) is 4.74 Å². The summed E-state index contributed by atoms with van der Waals surface area (Å²) < 4.78 is 7.36. The highest BCUT2D eigenvalue weighted by Gasteiger charge is 2.35. The third-order valence-electron chi connectivity index (χ3n) is 6.32. The summed E-state index contributed by atoms with van der Waals surface area (Å²) in [7, 11) is 0. The molecule has 138 valence electrons. The number of hydrogen-bond acceptors (Lipinski definition) is 4. The standard InChI is InChI=1S/C13H16INO.C7H13NO/c14-11-1-3-12(4-2-11)16-13-9-15-7-5-10(13)6-8-15;9-7-5-8-3-1-6(7)2-4-8/h1-4,10,13H,5-9H2;6-7,9H,1-5H2/t13-;/m0./s1. The van der Waals surface area contributed by atoms with E-state index in [2.05, 4.69) is 56.7 Å². The topological polar surface area (TPSA) is 35.9 Å². The summed E-state index contributed by atoms with van der Waals surface area (Å²) in [5, 5.41) is 9.36. The third kappa shape index (κ3) is 4.49. The highest BCUT2D eigenvalue weighted by Crippen LogP contribution is 2.30. The van der Waals surface area contributed by atoms with Gasteiger partial charge in [-0.1, -0.05) is 0 Å². The first-order chi connectivity index (χ1) is 12.2. The summed E-state index contributed by atoms with van der Waals surface area (Å²) in [6, 6.07) is 8.38. The van der Waals surface area contributed by atoms with Gasteiger partial charge in [-0.2, -0.15) is 0 Å². The molecular formula is C20H29IN2O2. The van der Waals surface area contributed by atoms with Crippen LogP contribution in [0.4, 0.5) is 0 Å². The number of hydrogen-bond donors (Lipinski definition) is 1. The van der Waals surface area contributed by atoms with Crippen molar-refractivity contribution in [3.8, 4) is 5.75 Å². The lowest BCUT2D eigenvalue weighted by atomic mass is 9.86. The van der Waals surface area contributed by atoms with Crippen LogP contribution < -0.4 is 4.74 Å². The first-order valence-electron chi connectivity index (χ1n) is 9.72. The first kappa shape index (κ1) is 18.0. The largest absolute Gasteiger partial charge is 0.489 e. The summed E-state index contributed by atoms with van der Waals surface area (Å²) in [5.41, 5.74) is 0. The second kappa shape index (κ2) is 8.11.